The van der Waals surface area contributed by atoms with Crippen LogP contribution >= 0.6 is 0 Å². The van der Waals surface area contributed by atoms with E-state index in [4.69, 9.17) is 9.68 Å². The van der Waals surface area contributed by atoms with E-state index in [1.807, 2.05) is 12.1 Å². The molecule has 0 atom stereocenters. The van der Waals surface area contributed by atoms with E-state index in [1.54, 1.807) is 30.3 Å². The molecule has 188 valence electrons. The SMILES string of the molecule is CCCCCCON=C(C(=O)NOC(=O)c1ccccc1)c1ccc2c(c1)C(C)(C)CCC2(C)C. The van der Waals surface area contributed by atoms with Gasteiger partial charge in [0.1, 0.15) is 6.61 Å². The Morgan fingerprint density at radius 3 is 2.26 bits per heavy atom. The Hall–Kier alpha value is -3.15. The predicted molar refractivity (Wildman–Crippen MR) is 138 cm³/mol. The molecule has 0 bridgehead atoms. The Morgan fingerprint density at radius 2 is 1.57 bits per heavy atom. The van der Waals surface area contributed by atoms with Gasteiger partial charge in [-0.2, -0.15) is 5.48 Å². The molecule has 2 aromatic carbocycles. The van der Waals surface area contributed by atoms with E-state index in [9.17, 15) is 9.59 Å². The fraction of sp³-hybridized carbons (Fsp3) is 0.483. The Morgan fingerprint density at radius 1 is 0.886 bits per heavy atom. The molecule has 0 heterocycles. The smallest absolute Gasteiger partial charge is 0.362 e. The molecule has 0 radical (unpaired) electrons. The highest BCUT2D eigenvalue weighted by Crippen LogP contribution is 2.45. The summed E-state index contributed by atoms with van der Waals surface area (Å²) in [5, 5.41) is 4.19. The molecule has 1 N–H and O–H groups in total. The first-order valence-corrected chi connectivity index (χ1v) is 12.6. The van der Waals surface area contributed by atoms with Gasteiger partial charge >= 0.3 is 11.9 Å². The van der Waals surface area contributed by atoms with E-state index in [2.05, 4.69) is 51.3 Å². The number of nitrogens with one attached hydrogen (secondary N) is 1. The molecule has 3 rings (SSSR count). The van der Waals surface area contributed by atoms with E-state index in [0.29, 0.717) is 17.7 Å². The zero-order chi connectivity index (χ0) is 25.5. The number of unbranched alkanes of at least 4 members (excludes halogenated alkanes) is 3. The summed E-state index contributed by atoms with van der Waals surface area (Å²) in [5.74, 6) is -1.28. The number of carbonyl (C=O) groups is 2. The third-order valence-corrected chi connectivity index (χ3v) is 6.83. The van der Waals surface area contributed by atoms with E-state index < -0.39 is 11.9 Å². The molecule has 0 saturated heterocycles. The van der Waals surface area contributed by atoms with Crippen LogP contribution in [0.4, 0.5) is 0 Å². The first kappa shape index (κ1) is 26.5. The lowest BCUT2D eigenvalue weighted by Crippen LogP contribution is -2.36. The summed E-state index contributed by atoms with van der Waals surface area (Å²) in [7, 11) is 0. The van der Waals surface area contributed by atoms with Crippen molar-refractivity contribution >= 4 is 17.6 Å². The highest BCUT2D eigenvalue weighted by molar-refractivity contribution is 6.45. The largest absolute Gasteiger partial charge is 0.395 e. The minimum Gasteiger partial charge on any atom is -0.395 e. The Labute approximate surface area is 209 Å². The van der Waals surface area contributed by atoms with Crippen molar-refractivity contribution in [2.75, 3.05) is 6.61 Å². The van der Waals surface area contributed by atoms with Crippen LogP contribution in [0.3, 0.4) is 0 Å². The summed E-state index contributed by atoms with van der Waals surface area (Å²) in [5.41, 5.74) is 5.85. The van der Waals surface area contributed by atoms with Crippen molar-refractivity contribution in [1.82, 2.24) is 5.48 Å². The quantitative estimate of drug-likeness (QED) is 0.263. The number of benzene rings is 2. The van der Waals surface area contributed by atoms with E-state index >= 15 is 0 Å². The zero-order valence-corrected chi connectivity index (χ0v) is 21.6. The second kappa shape index (κ2) is 11.5. The summed E-state index contributed by atoms with van der Waals surface area (Å²) in [6, 6.07) is 14.5. The normalized spacial score (nSPS) is 16.2. The molecular formula is C29H38N2O4. The average Bonchev–Trinajstić information content (AvgIpc) is 2.85. The molecular weight excluding hydrogens is 440 g/mol. The fourth-order valence-corrected chi connectivity index (χ4v) is 4.44. The Kier molecular flexibility index (Phi) is 8.71. The number of fused-ring (bicyclic) bond motifs is 1. The van der Waals surface area contributed by atoms with Crippen LogP contribution in [0.15, 0.2) is 53.7 Å². The molecule has 0 fully saturated rings. The molecule has 1 amide bonds. The minimum atomic E-state index is -0.646. The van der Waals surface area contributed by atoms with Gasteiger partial charge in [-0.25, -0.2) is 4.79 Å². The molecule has 2 aromatic rings. The molecule has 0 aliphatic heterocycles. The monoisotopic (exact) mass is 478 g/mol. The summed E-state index contributed by atoms with van der Waals surface area (Å²) in [6.45, 7) is 11.5. The van der Waals surface area contributed by atoms with Crippen molar-refractivity contribution in [3.63, 3.8) is 0 Å². The van der Waals surface area contributed by atoms with Crippen LogP contribution in [0.2, 0.25) is 0 Å². The number of amides is 1. The molecule has 0 aromatic heterocycles. The zero-order valence-electron chi connectivity index (χ0n) is 21.6. The van der Waals surface area contributed by atoms with Gasteiger partial charge in [0, 0.05) is 5.56 Å². The second-order valence-electron chi connectivity index (χ2n) is 10.5. The first-order valence-electron chi connectivity index (χ1n) is 12.6. The van der Waals surface area contributed by atoms with Crippen LogP contribution in [0, 0.1) is 0 Å². The van der Waals surface area contributed by atoms with Crippen molar-refractivity contribution in [2.45, 2.75) is 84.0 Å². The number of hydrogen-bond acceptors (Lipinski definition) is 5. The van der Waals surface area contributed by atoms with Crippen molar-refractivity contribution in [2.24, 2.45) is 5.16 Å². The number of nitrogens with zero attached hydrogens (tertiary/aromatic N) is 1. The maximum absolute atomic E-state index is 13.1. The lowest BCUT2D eigenvalue weighted by molar-refractivity contribution is -0.123. The Bertz CT molecular complexity index is 1060. The van der Waals surface area contributed by atoms with E-state index in [-0.39, 0.29) is 16.5 Å². The average molecular weight is 479 g/mol. The Balaban J connectivity index is 1.84. The fourth-order valence-electron chi connectivity index (χ4n) is 4.44. The maximum atomic E-state index is 13.1. The molecule has 6 heteroatoms. The summed E-state index contributed by atoms with van der Waals surface area (Å²) < 4.78 is 0. The van der Waals surface area contributed by atoms with Crippen LogP contribution in [0.5, 0.6) is 0 Å². The second-order valence-corrected chi connectivity index (χ2v) is 10.5. The standard InChI is InChI=1S/C29H38N2O4/c1-6-7-8-12-19-34-30-25(26(32)31-35-27(33)21-13-10-9-11-14-21)22-15-16-23-24(20-22)29(4,5)18-17-28(23,2)3/h9-11,13-16,20H,6-8,12,17-19H2,1-5H3,(H,31,32). The van der Waals surface area contributed by atoms with E-state index in [1.165, 1.54) is 11.1 Å². The summed E-state index contributed by atoms with van der Waals surface area (Å²) in [4.78, 5) is 36.0. The van der Waals surface area contributed by atoms with Gasteiger partial charge in [0.2, 0.25) is 0 Å². The van der Waals surface area contributed by atoms with Gasteiger partial charge < -0.3 is 9.68 Å². The lowest BCUT2D eigenvalue weighted by Gasteiger charge is -2.42. The van der Waals surface area contributed by atoms with Gasteiger partial charge in [-0.3, -0.25) is 4.79 Å². The van der Waals surface area contributed by atoms with Crippen molar-refractivity contribution in [3.05, 3.63) is 70.8 Å². The maximum Gasteiger partial charge on any atom is 0.362 e. The van der Waals surface area contributed by atoms with Crippen LogP contribution in [0.1, 0.15) is 100 Å². The van der Waals surface area contributed by atoms with Gasteiger partial charge in [-0.05, 0) is 65.8 Å². The van der Waals surface area contributed by atoms with Gasteiger partial charge in [0.15, 0.2) is 5.71 Å². The van der Waals surface area contributed by atoms with Crippen molar-refractivity contribution < 1.29 is 19.3 Å². The van der Waals surface area contributed by atoms with Crippen molar-refractivity contribution in [1.29, 1.82) is 0 Å². The highest BCUT2D eigenvalue weighted by atomic mass is 16.7. The molecule has 0 unspecified atom stereocenters. The highest BCUT2D eigenvalue weighted by Gasteiger charge is 2.37. The molecule has 35 heavy (non-hydrogen) atoms. The first-order chi connectivity index (χ1) is 16.7. The van der Waals surface area contributed by atoms with Crippen LogP contribution in [-0.4, -0.2) is 24.2 Å². The van der Waals surface area contributed by atoms with E-state index in [0.717, 1.165) is 38.5 Å². The van der Waals surface area contributed by atoms with Crippen LogP contribution in [0.25, 0.3) is 0 Å². The number of carbonyl (C=O) groups excluding carboxylic acids is 2. The van der Waals surface area contributed by atoms with Gasteiger partial charge in [0.05, 0.1) is 5.56 Å². The van der Waals surface area contributed by atoms with Gasteiger partial charge in [-0.1, -0.05) is 82.9 Å². The van der Waals surface area contributed by atoms with Crippen molar-refractivity contribution in [3.8, 4) is 0 Å². The number of rotatable bonds is 9. The molecule has 0 spiro atoms. The molecule has 6 nitrogen and oxygen atoms in total. The number of hydrogen-bond donors (Lipinski definition) is 1. The minimum absolute atomic E-state index is 0.0246. The van der Waals surface area contributed by atoms with Crippen LogP contribution < -0.4 is 5.48 Å². The molecule has 0 saturated carbocycles. The third kappa shape index (κ3) is 6.71. The number of oxime groups is 1. The molecule has 1 aliphatic rings. The lowest BCUT2D eigenvalue weighted by atomic mass is 9.63. The molecule has 1 aliphatic carbocycles. The topological polar surface area (TPSA) is 77.0 Å². The third-order valence-electron chi connectivity index (χ3n) is 6.83. The predicted octanol–water partition coefficient (Wildman–Crippen LogP) is 6.22. The number of hydroxylamine groups is 1. The summed E-state index contributed by atoms with van der Waals surface area (Å²) >= 11 is 0. The van der Waals surface area contributed by atoms with Crippen LogP contribution in [-0.2, 0) is 25.3 Å². The van der Waals surface area contributed by atoms with Gasteiger partial charge in [0.25, 0.3) is 0 Å². The van der Waals surface area contributed by atoms with Gasteiger partial charge in [-0.15, -0.1) is 0 Å². The summed E-state index contributed by atoms with van der Waals surface area (Å²) in [6.07, 6.45) is 6.32.